The van der Waals surface area contributed by atoms with Gasteiger partial charge in [-0.3, -0.25) is 0 Å². The average molecular weight is 258 g/mol. The Morgan fingerprint density at radius 3 is 2.56 bits per heavy atom. The van der Waals surface area contributed by atoms with Crippen molar-refractivity contribution in [3.8, 4) is 0 Å². The zero-order valence-corrected chi connectivity index (χ0v) is 11.2. The molecular formula is C12H22N2O4. The molecule has 1 aliphatic heterocycles. The van der Waals surface area contributed by atoms with E-state index >= 15 is 0 Å². The zero-order chi connectivity index (χ0) is 13.9. The smallest absolute Gasteiger partial charge is 0.326 e. The average Bonchev–Trinajstić information content (AvgIpc) is 2.67. The Morgan fingerprint density at radius 2 is 2.06 bits per heavy atom. The highest BCUT2D eigenvalue weighted by atomic mass is 16.4. The van der Waals surface area contributed by atoms with Crippen LogP contribution in [-0.2, 0) is 4.79 Å². The minimum atomic E-state index is -1.06. The third-order valence-corrected chi connectivity index (χ3v) is 3.18. The Balaban J connectivity index is 2.61. The highest BCUT2D eigenvalue weighted by Gasteiger charge is 2.39. The van der Waals surface area contributed by atoms with Gasteiger partial charge in [-0.2, -0.15) is 0 Å². The summed E-state index contributed by atoms with van der Waals surface area (Å²) in [6.45, 7) is 4.83. The molecule has 1 rings (SSSR count). The number of rotatable bonds is 4. The maximum Gasteiger partial charge on any atom is 0.326 e. The lowest BCUT2D eigenvalue weighted by atomic mass is 10.1. The molecule has 1 saturated heterocycles. The standard InChI is InChI=1S/C12H22N2O4/c1-8(2)4-5-13(3)12(18)14-7-9(15)6-10(14)11(16)17/h8-10,15H,4-7H2,1-3H3,(H,16,17). The van der Waals surface area contributed by atoms with Crippen molar-refractivity contribution in [2.75, 3.05) is 20.1 Å². The summed E-state index contributed by atoms with van der Waals surface area (Å²) in [6, 6.07) is -1.23. The SMILES string of the molecule is CC(C)CCN(C)C(=O)N1CC(O)CC1C(=O)O. The molecule has 0 bridgehead atoms. The number of aliphatic hydroxyl groups excluding tert-OH is 1. The largest absolute Gasteiger partial charge is 0.480 e. The predicted octanol–water partition coefficient (Wildman–Crippen LogP) is 0.604. The van der Waals surface area contributed by atoms with Gasteiger partial charge in [-0.1, -0.05) is 13.8 Å². The summed E-state index contributed by atoms with van der Waals surface area (Å²) in [5, 5.41) is 18.5. The summed E-state index contributed by atoms with van der Waals surface area (Å²) in [5.74, 6) is -0.572. The first-order valence-corrected chi connectivity index (χ1v) is 6.25. The number of β-amino-alcohol motifs (C(OH)–C–C–N with tert-alkyl or cyclic N) is 1. The van der Waals surface area contributed by atoms with E-state index in [0.717, 1.165) is 6.42 Å². The van der Waals surface area contributed by atoms with Crippen LogP contribution in [0.2, 0.25) is 0 Å². The van der Waals surface area contributed by atoms with Crippen LogP contribution in [0.25, 0.3) is 0 Å². The first kappa shape index (κ1) is 14.8. The minimum Gasteiger partial charge on any atom is -0.480 e. The molecule has 0 aromatic carbocycles. The van der Waals surface area contributed by atoms with Crippen LogP contribution in [0, 0.1) is 5.92 Å². The molecule has 0 aromatic rings. The van der Waals surface area contributed by atoms with Crippen LogP contribution >= 0.6 is 0 Å². The van der Waals surface area contributed by atoms with Gasteiger partial charge in [0.25, 0.3) is 0 Å². The molecule has 2 amide bonds. The molecule has 2 N–H and O–H groups in total. The number of hydrogen-bond donors (Lipinski definition) is 2. The van der Waals surface area contributed by atoms with E-state index in [1.165, 1.54) is 9.80 Å². The highest BCUT2D eigenvalue weighted by Crippen LogP contribution is 2.19. The van der Waals surface area contributed by atoms with Crippen LogP contribution < -0.4 is 0 Å². The van der Waals surface area contributed by atoms with Gasteiger partial charge in [0.1, 0.15) is 6.04 Å². The molecule has 0 aliphatic carbocycles. The fourth-order valence-electron chi connectivity index (χ4n) is 2.03. The molecule has 104 valence electrons. The molecule has 0 spiro atoms. The van der Waals surface area contributed by atoms with Crippen molar-refractivity contribution in [2.45, 2.75) is 38.8 Å². The van der Waals surface area contributed by atoms with Crippen molar-refractivity contribution >= 4 is 12.0 Å². The number of urea groups is 1. The van der Waals surface area contributed by atoms with Crippen molar-refractivity contribution < 1.29 is 19.8 Å². The monoisotopic (exact) mass is 258 g/mol. The van der Waals surface area contributed by atoms with Crippen LogP contribution in [0.4, 0.5) is 4.79 Å². The van der Waals surface area contributed by atoms with Gasteiger partial charge in [-0.05, 0) is 12.3 Å². The van der Waals surface area contributed by atoms with Gasteiger partial charge in [0.05, 0.1) is 6.10 Å². The molecule has 1 fully saturated rings. The second-order valence-corrected chi connectivity index (χ2v) is 5.28. The predicted molar refractivity (Wildman–Crippen MR) is 66.2 cm³/mol. The third-order valence-electron chi connectivity index (χ3n) is 3.18. The molecular weight excluding hydrogens is 236 g/mol. The van der Waals surface area contributed by atoms with Crippen LogP contribution in [-0.4, -0.2) is 64.3 Å². The molecule has 6 heteroatoms. The van der Waals surface area contributed by atoms with Crippen LogP contribution in [0.1, 0.15) is 26.7 Å². The van der Waals surface area contributed by atoms with Crippen molar-refractivity contribution in [1.82, 2.24) is 9.80 Å². The number of likely N-dealkylation sites (tertiary alicyclic amines) is 1. The quantitative estimate of drug-likeness (QED) is 0.774. The Kier molecular flexibility index (Phi) is 4.95. The number of carbonyl (C=O) groups excluding carboxylic acids is 1. The van der Waals surface area contributed by atoms with E-state index in [0.29, 0.717) is 12.5 Å². The number of aliphatic carboxylic acids is 1. The van der Waals surface area contributed by atoms with E-state index < -0.39 is 18.1 Å². The van der Waals surface area contributed by atoms with E-state index in [9.17, 15) is 14.7 Å². The van der Waals surface area contributed by atoms with Crippen molar-refractivity contribution in [2.24, 2.45) is 5.92 Å². The summed E-state index contributed by atoms with van der Waals surface area (Å²) in [5.41, 5.74) is 0. The van der Waals surface area contributed by atoms with Crippen LogP contribution in [0.15, 0.2) is 0 Å². The second-order valence-electron chi connectivity index (χ2n) is 5.28. The summed E-state index contributed by atoms with van der Waals surface area (Å²) in [4.78, 5) is 25.9. The molecule has 6 nitrogen and oxygen atoms in total. The molecule has 1 aliphatic rings. The van der Waals surface area contributed by atoms with Crippen LogP contribution in [0.5, 0.6) is 0 Å². The van der Waals surface area contributed by atoms with Gasteiger partial charge >= 0.3 is 12.0 Å². The number of carboxylic acid groups (broad SMARTS) is 1. The molecule has 18 heavy (non-hydrogen) atoms. The first-order valence-electron chi connectivity index (χ1n) is 6.25. The summed E-state index contributed by atoms with van der Waals surface area (Å²) >= 11 is 0. The maximum atomic E-state index is 12.1. The zero-order valence-electron chi connectivity index (χ0n) is 11.2. The number of carbonyl (C=O) groups is 2. The fraction of sp³-hybridized carbons (Fsp3) is 0.833. The first-order chi connectivity index (χ1) is 8.32. The van der Waals surface area contributed by atoms with E-state index in [4.69, 9.17) is 5.11 Å². The highest BCUT2D eigenvalue weighted by molar-refractivity contribution is 5.83. The summed E-state index contributed by atoms with van der Waals surface area (Å²) in [6.07, 6.45) is 0.240. The van der Waals surface area contributed by atoms with Crippen LogP contribution in [0.3, 0.4) is 0 Å². The molecule has 2 unspecified atom stereocenters. The summed E-state index contributed by atoms with van der Waals surface area (Å²) < 4.78 is 0. The fourth-order valence-corrected chi connectivity index (χ4v) is 2.03. The third kappa shape index (κ3) is 3.60. The van der Waals surface area contributed by atoms with Gasteiger partial charge in [0.2, 0.25) is 0 Å². The van der Waals surface area contributed by atoms with E-state index in [1.54, 1.807) is 7.05 Å². The maximum absolute atomic E-state index is 12.1. The van der Waals surface area contributed by atoms with Gasteiger partial charge < -0.3 is 20.0 Å². The van der Waals surface area contributed by atoms with Gasteiger partial charge in [0.15, 0.2) is 0 Å². The molecule has 2 atom stereocenters. The Bertz CT molecular complexity index is 319. The second kappa shape index (κ2) is 6.04. The lowest BCUT2D eigenvalue weighted by Crippen LogP contribution is -2.47. The van der Waals surface area contributed by atoms with Crippen molar-refractivity contribution in [3.05, 3.63) is 0 Å². The Labute approximate surface area is 107 Å². The number of amides is 2. The van der Waals surface area contributed by atoms with E-state index in [1.807, 2.05) is 0 Å². The minimum absolute atomic E-state index is 0.0990. The molecule has 1 heterocycles. The summed E-state index contributed by atoms with van der Waals surface area (Å²) in [7, 11) is 1.66. The molecule has 0 saturated carbocycles. The van der Waals surface area contributed by atoms with Gasteiger partial charge in [-0.15, -0.1) is 0 Å². The molecule has 0 aromatic heterocycles. The molecule has 0 radical (unpaired) electrons. The van der Waals surface area contributed by atoms with Crippen molar-refractivity contribution in [3.63, 3.8) is 0 Å². The lowest BCUT2D eigenvalue weighted by molar-refractivity contribution is -0.141. The number of aliphatic hydroxyl groups is 1. The van der Waals surface area contributed by atoms with Gasteiger partial charge in [0, 0.05) is 26.6 Å². The number of carboxylic acids is 1. The Hall–Kier alpha value is -1.30. The topological polar surface area (TPSA) is 81.1 Å². The van der Waals surface area contributed by atoms with Gasteiger partial charge in [-0.25, -0.2) is 9.59 Å². The van der Waals surface area contributed by atoms with E-state index in [2.05, 4.69) is 13.8 Å². The van der Waals surface area contributed by atoms with Crippen molar-refractivity contribution in [1.29, 1.82) is 0 Å². The normalized spacial score (nSPS) is 23.5. The van der Waals surface area contributed by atoms with E-state index in [-0.39, 0.29) is 19.0 Å². The number of hydrogen-bond acceptors (Lipinski definition) is 3. The number of nitrogens with zero attached hydrogens (tertiary/aromatic N) is 2. The Morgan fingerprint density at radius 1 is 1.44 bits per heavy atom. The lowest BCUT2D eigenvalue weighted by Gasteiger charge is -2.27.